The number of fused-ring (bicyclic) bond motifs is 1. The van der Waals surface area contributed by atoms with Crippen LogP contribution in [0.2, 0.25) is 0 Å². The molecule has 0 spiro atoms. The second kappa shape index (κ2) is 7.05. The molecular weight excluding hydrogens is 322 g/mol. The van der Waals surface area contributed by atoms with E-state index in [1.807, 2.05) is 32.7 Å². The van der Waals surface area contributed by atoms with Crippen molar-refractivity contribution in [3.8, 4) is 0 Å². The van der Waals surface area contributed by atoms with Gasteiger partial charge in [0.1, 0.15) is 5.76 Å². The van der Waals surface area contributed by atoms with E-state index in [-0.39, 0.29) is 24.0 Å². The van der Waals surface area contributed by atoms with Crippen LogP contribution >= 0.6 is 0 Å². The molecule has 2 aliphatic heterocycles. The second-order valence-electron chi connectivity index (χ2n) is 7.64. The number of aliphatic hydroxyl groups is 1. The summed E-state index contributed by atoms with van der Waals surface area (Å²) in [6.07, 6.45) is 1.85. The van der Waals surface area contributed by atoms with Crippen LogP contribution in [-0.4, -0.2) is 65.6 Å². The Balaban J connectivity index is 1.68. The molecule has 1 aromatic heterocycles. The highest BCUT2D eigenvalue weighted by Gasteiger charge is 2.43. The molecule has 2 fully saturated rings. The molecule has 2 N–H and O–H groups in total. The normalized spacial score (nSPS) is 33.0. The fourth-order valence-corrected chi connectivity index (χ4v) is 4.14. The number of likely N-dealkylation sites (N-methyl/N-ethyl adjacent to an activating group) is 1. The molecule has 0 saturated carbocycles. The topological polar surface area (TPSA) is 87.8 Å². The molecule has 0 bridgehead atoms. The van der Waals surface area contributed by atoms with Crippen LogP contribution in [0.5, 0.6) is 0 Å². The Kier molecular flexibility index (Phi) is 5.18. The summed E-state index contributed by atoms with van der Waals surface area (Å²) in [5.74, 6) is 0.941. The minimum Gasteiger partial charge on any atom is -0.388 e. The van der Waals surface area contributed by atoms with Crippen molar-refractivity contribution in [2.75, 3.05) is 26.7 Å². The third kappa shape index (κ3) is 3.73. The molecule has 7 heteroatoms. The van der Waals surface area contributed by atoms with E-state index in [1.165, 1.54) is 0 Å². The van der Waals surface area contributed by atoms with Crippen LogP contribution in [0.1, 0.15) is 36.8 Å². The lowest BCUT2D eigenvalue weighted by Gasteiger charge is -2.39. The van der Waals surface area contributed by atoms with Crippen molar-refractivity contribution >= 4 is 5.91 Å². The summed E-state index contributed by atoms with van der Waals surface area (Å²) in [6.45, 7) is 7.36. The van der Waals surface area contributed by atoms with Gasteiger partial charge in [0.05, 0.1) is 36.5 Å². The zero-order valence-electron chi connectivity index (χ0n) is 15.5. The van der Waals surface area contributed by atoms with E-state index in [2.05, 4.69) is 10.5 Å². The first-order chi connectivity index (χ1) is 11.8. The van der Waals surface area contributed by atoms with Gasteiger partial charge in [0, 0.05) is 24.6 Å². The predicted octanol–water partition coefficient (Wildman–Crippen LogP) is 0.810. The van der Waals surface area contributed by atoms with Crippen molar-refractivity contribution in [2.24, 2.45) is 5.92 Å². The van der Waals surface area contributed by atoms with Crippen LogP contribution in [-0.2, 0) is 16.0 Å². The molecular formula is C18H29N3O4. The van der Waals surface area contributed by atoms with Crippen molar-refractivity contribution in [2.45, 2.75) is 57.8 Å². The monoisotopic (exact) mass is 351 g/mol. The fourth-order valence-electron chi connectivity index (χ4n) is 4.14. The first kappa shape index (κ1) is 18.4. The second-order valence-corrected chi connectivity index (χ2v) is 7.64. The van der Waals surface area contributed by atoms with Crippen molar-refractivity contribution in [1.82, 2.24) is 15.4 Å². The third-order valence-corrected chi connectivity index (χ3v) is 5.78. The Morgan fingerprint density at radius 1 is 1.48 bits per heavy atom. The van der Waals surface area contributed by atoms with E-state index in [9.17, 15) is 9.90 Å². The van der Waals surface area contributed by atoms with E-state index in [4.69, 9.17) is 9.26 Å². The number of aryl methyl sites for hydroxylation is 2. The zero-order chi connectivity index (χ0) is 18.2. The molecule has 2 saturated heterocycles. The highest BCUT2D eigenvalue weighted by atomic mass is 16.5. The first-order valence-electron chi connectivity index (χ1n) is 9.02. The SMILES string of the molecule is CN[C@@H]1CO[C@@H]2CCN(C(=O)Cc3c(C)noc3C)C[C@@H]2C[C@@]1(C)O. The zero-order valence-corrected chi connectivity index (χ0v) is 15.5. The molecule has 0 radical (unpaired) electrons. The van der Waals surface area contributed by atoms with Crippen molar-refractivity contribution in [3.63, 3.8) is 0 Å². The molecule has 2 aliphatic rings. The number of amides is 1. The van der Waals surface area contributed by atoms with Crippen molar-refractivity contribution in [1.29, 1.82) is 0 Å². The number of ether oxygens (including phenoxy) is 1. The Labute approximate surface area is 148 Å². The Morgan fingerprint density at radius 2 is 2.24 bits per heavy atom. The van der Waals surface area contributed by atoms with Gasteiger partial charge in [-0.25, -0.2) is 0 Å². The molecule has 4 atom stereocenters. The summed E-state index contributed by atoms with van der Waals surface area (Å²) in [5, 5.41) is 17.9. The minimum atomic E-state index is -0.845. The fraction of sp³-hybridized carbons (Fsp3) is 0.778. The van der Waals surface area contributed by atoms with Gasteiger partial charge in [0.2, 0.25) is 5.91 Å². The van der Waals surface area contributed by atoms with Gasteiger partial charge >= 0.3 is 0 Å². The Hall–Kier alpha value is -1.44. The van der Waals surface area contributed by atoms with Gasteiger partial charge < -0.3 is 24.6 Å². The summed E-state index contributed by atoms with van der Waals surface area (Å²) in [4.78, 5) is 14.6. The summed E-state index contributed by atoms with van der Waals surface area (Å²) in [5.41, 5.74) is 0.812. The van der Waals surface area contributed by atoms with Crippen LogP contribution < -0.4 is 5.32 Å². The Morgan fingerprint density at radius 3 is 2.88 bits per heavy atom. The first-order valence-corrected chi connectivity index (χ1v) is 9.02. The molecule has 7 nitrogen and oxygen atoms in total. The van der Waals surface area contributed by atoms with Crippen molar-refractivity contribution < 1.29 is 19.2 Å². The van der Waals surface area contributed by atoms with Crippen LogP contribution in [0.3, 0.4) is 0 Å². The largest absolute Gasteiger partial charge is 0.388 e. The van der Waals surface area contributed by atoms with Gasteiger partial charge in [-0.15, -0.1) is 0 Å². The maximum atomic E-state index is 12.8. The summed E-state index contributed by atoms with van der Waals surface area (Å²) in [7, 11) is 1.84. The lowest BCUT2D eigenvalue weighted by molar-refractivity contribution is -0.135. The predicted molar refractivity (Wildman–Crippen MR) is 92.2 cm³/mol. The van der Waals surface area contributed by atoms with Crippen LogP contribution in [0.4, 0.5) is 0 Å². The van der Waals surface area contributed by atoms with Gasteiger partial charge in [0.15, 0.2) is 0 Å². The van der Waals surface area contributed by atoms with Crippen LogP contribution in [0.15, 0.2) is 4.52 Å². The molecule has 140 valence electrons. The molecule has 0 unspecified atom stereocenters. The average molecular weight is 351 g/mol. The lowest BCUT2D eigenvalue weighted by atomic mass is 9.82. The van der Waals surface area contributed by atoms with E-state index in [0.29, 0.717) is 38.3 Å². The smallest absolute Gasteiger partial charge is 0.227 e. The summed E-state index contributed by atoms with van der Waals surface area (Å²) in [6, 6.07) is -0.0930. The van der Waals surface area contributed by atoms with E-state index >= 15 is 0 Å². The van der Waals surface area contributed by atoms with Gasteiger partial charge in [0.25, 0.3) is 0 Å². The van der Waals surface area contributed by atoms with E-state index in [0.717, 1.165) is 17.7 Å². The molecule has 0 aromatic carbocycles. The number of nitrogens with zero attached hydrogens (tertiary/aromatic N) is 2. The Bertz CT molecular complexity index is 608. The molecule has 1 aromatic rings. The van der Waals surface area contributed by atoms with Gasteiger partial charge in [-0.3, -0.25) is 4.79 Å². The quantitative estimate of drug-likeness (QED) is 0.838. The van der Waals surface area contributed by atoms with Gasteiger partial charge in [-0.2, -0.15) is 0 Å². The molecule has 0 aliphatic carbocycles. The maximum absolute atomic E-state index is 12.8. The maximum Gasteiger partial charge on any atom is 0.227 e. The number of hydrogen-bond donors (Lipinski definition) is 2. The number of aromatic nitrogens is 1. The van der Waals surface area contributed by atoms with Gasteiger partial charge in [-0.1, -0.05) is 5.16 Å². The van der Waals surface area contributed by atoms with Crippen LogP contribution in [0, 0.1) is 19.8 Å². The number of carbonyl (C=O) groups is 1. The average Bonchev–Trinajstić information content (AvgIpc) is 2.80. The number of likely N-dealkylation sites (tertiary alicyclic amines) is 1. The minimum absolute atomic E-state index is 0.0851. The van der Waals surface area contributed by atoms with Crippen molar-refractivity contribution in [3.05, 3.63) is 17.0 Å². The number of nitrogens with one attached hydrogen (secondary N) is 1. The number of piperidine rings is 1. The van der Waals surface area contributed by atoms with E-state index < -0.39 is 5.60 Å². The standard InChI is InChI=1S/C18H29N3O4/c1-11-14(12(2)25-20-11)7-17(22)21-6-5-15-13(9-21)8-18(3,23)16(19-4)10-24-15/h13,15-16,19,23H,5-10H2,1-4H3/t13-,15+,16+,18+/m0/s1. The highest BCUT2D eigenvalue weighted by Crippen LogP contribution is 2.33. The molecule has 3 rings (SSSR count). The highest BCUT2D eigenvalue weighted by molar-refractivity contribution is 5.79. The number of hydrogen-bond acceptors (Lipinski definition) is 6. The lowest BCUT2D eigenvalue weighted by Crippen LogP contribution is -2.51. The van der Waals surface area contributed by atoms with Crippen LogP contribution in [0.25, 0.3) is 0 Å². The summed E-state index contributed by atoms with van der Waals surface area (Å²) < 4.78 is 11.2. The van der Waals surface area contributed by atoms with E-state index in [1.54, 1.807) is 0 Å². The third-order valence-electron chi connectivity index (χ3n) is 5.78. The molecule has 1 amide bonds. The van der Waals surface area contributed by atoms with Gasteiger partial charge in [-0.05, 0) is 40.7 Å². The number of carbonyl (C=O) groups excluding carboxylic acids is 1. The molecule has 25 heavy (non-hydrogen) atoms. The summed E-state index contributed by atoms with van der Waals surface area (Å²) >= 11 is 0. The molecule has 3 heterocycles. The number of rotatable bonds is 3.